The van der Waals surface area contributed by atoms with Gasteiger partial charge in [-0.25, -0.2) is 0 Å². The number of hydrogen-bond donors (Lipinski definition) is 1. The Morgan fingerprint density at radius 2 is 2.14 bits per heavy atom. The zero-order valence-electron chi connectivity index (χ0n) is 8.95. The Kier molecular flexibility index (Phi) is 3.42. The van der Waals surface area contributed by atoms with E-state index >= 15 is 0 Å². The van der Waals surface area contributed by atoms with Crippen molar-refractivity contribution in [3.05, 3.63) is 0 Å². The van der Waals surface area contributed by atoms with Crippen molar-refractivity contribution in [1.82, 2.24) is 0 Å². The summed E-state index contributed by atoms with van der Waals surface area (Å²) < 4.78 is 11.2. The smallest absolute Gasteiger partial charge is 0.0755 e. The molecule has 2 N–H and O–H groups in total. The average Bonchev–Trinajstić information content (AvgIpc) is 2.65. The van der Waals surface area contributed by atoms with E-state index in [0.29, 0.717) is 11.8 Å². The zero-order valence-corrected chi connectivity index (χ0v) is 8.95. The van der Waals surface area contributed by atoms with Gasteiger partial charge in [-0.15, -0.1) is 0 Å². The molecular weight excluding hydrogens is 178 g/mol. The van der Waals surface area contributed by atoms with Gasteiger partial charge in [0.1, 0.15) is 0 Å². The maximum Gasteiger partial charge on any atom is 0.0755 e. The standard InChI is InChI=1S/C11H21NO2/c1-8-4-6-14-11(8)10(12)9-3-2-5-13-7-9/h8-11H,2-7,12H2,1H3. The first-order valence-electron chi connectivity index (χ1n) is 5.74. The highest BCUT2D eigenvalue weighted by atomic mass is 16.5. The molecule has 3 heteroatoms. The molecule has 0 aromatic heterocycles. The Morgan fingerprint density at radius 3 is 2.71 bits per heavy atom. The molecule has 82 valence electrons. The van der Waals surface area contributed by atoms with Gasteiger partial charge in [-0.1, -0.05) is 6.92 Å². The van der Waals surface area contributed by atoms with Crippen molar-refractivity contribution < 1.29 is 9.47 Å². The van der Waals surface area contributed by atoms with E-state index in [1.165, 1.54) is 6.42 Å². The summed E-state index contributed by atoms with van der Waals surface area (Å²) in [5.74, 6) is 1.13. The van der Waals surface area contributed by atoms with E-state index in [-0.39, 0.29) is 12.1 Å². The molecule has 0 aromatic rings. The van der Waals surface area contributed by atoms with E-state index in [2.05, 4.69) is 6.92 Å². The van der Waals surface area contributed by atoms with E-state index in [4.69, 9.17) is 15.2 Å². The third kappa shape index (κ3) is 2.10. The SMILES string of the molecule is CC1CCOC1C(N)C1CCCOC1. The molecule has 2 heterocycles. The van der Waals surface area contributed by atoms with Gasteiger partial charge in [0.05, 0.1) is 12.7 Å². The van der Waals surface area contributed by atoms with Gasteiger partial charge in [-0.05, 0) is 31.1 Å². The molecule has 0 saturated carbocycles. The molecule has 0 aliphatic carbocycles. The Labute approximate surface area is 85.9 Å². The first-order valence-corrected chi connectivity index (χ1v) is 5.74. The van der Waals surface area contributed by atoms with E-state index < -0.39 is 0 Å². The number of hydrogen-bond acceptors (Lipinski definition) is 3. The quantitative estimate of drug-likeness (QED) is 0.726. The Morgan fingerprint density at radius 1 is 1.29 bits per heavy atom. The molecule has 2 rings (SSSR count). The van der Waals surface area contributed by atoms with Crippen molar-refractivity contribution in [1.29, 1.82) is 0 Å². The lowest BCUT2D eigenvalue weighted by Crippen LogP contribution is -2.46. The molecule has 2 fully saturated rings. The van der Waals surface area contributed by atoms with Crippen molar-refractivity contribution in [2.75, 3.05) is 19.8 Å². The molecule has 4 unspecified atom stereocenters. The lowest BCUT2D eigenvalue weighted by atomic mass is 9.86. The van der Waals surface area contributed by atoms with Gasteiger partial charge in [-0.3, -0.25) is 0 Å². The average molecular weight is 199 g/mol. The van der Waals surface area contributed by atoms with Crippen molar-refractivity contribution in [2.24, 2.45) is 17.6 Å². The summed E-state index contributed by atoms with van der Waals surface area (Å²) in [4.78, 5) is 0. The predicted molar refractivity (Wildman–Crippen MR) is 55.0 cm³/mol. The Hall–Kier alpha value is -0.120. The van der Waals surface area contributed by atoms with Gasteiger partial charge < -0.3 is 15.2 Å². The van der Waals surface area contributed by atoms with Crippen molar-refractivity contribution in [3.8, 4) is 0 Å². The molecule has 0 bridgehead atoms. The fraction of sp³-hybridized carbons (Fsp3) is 1.00. The molecule has 0 spiro atoms. The Balaban J connectivity index is 1.89. The molecule has 0 aromatic carbocycles. The third-order valence-electron chi connectivity index (χ3n) is 3.56. The summed E-state index contributed by atoms with van der Waals surface area (Å²) in [6.07, 6.45) is 3.78. The molecule has 14 heavy (non-hydrogen) atoms. The van der Waals surface area contributed by atoms with Gasteiger partial charge in [-0.2, -0.15) is 0 Å². The maximum atomic E-state index is 6.24. The first-order chi connectivity index (χ1) is 6.79. The van der Waals surface area contributed by atoms with Crippen LogP contribution in [0.4, 0.5) is 0 Å². The van der Waals surface area contributed by atoms with Crippen molar-refractivity contribution in [3.63, 3.8) is 0 Å². The van der Waals surface area contributed by atoms with Crippen LogP contribution in [0.5, 0.6) is 0 Å². The summed E-state index contributed by atoms with van der Waals surface area (Å²) >= 11 is 0. The van der Waals surface area contributed by atoms with Gasteiger partial charge in [0.15, 0.2) is 0 Å². The van der Waals surface area contributed by atoms with Crippen LogP contribution in [0.1, 0.15) is 26.2 Å². The number of nitrogens with two attached hydrogens (primary N) is 1. The molecule has 2 aliphatic rings. The molecule has 3 nitrogen and oxygen atoms in total. The van der Waals surface area contributed by atoms with Crippen LogP contribution in [0.25, 0.3) is 0 Å². The van der Waals surface area contributed by atoms with Crippen LogP contribution in [0, 0.1) is 11.8 Å². The van der Waals surface area contributed by atoms with Gasteiger partial charge >= 0.3 is 0 Å². The van der Waals surface area contributed by atoms with E-state index in [1.54, 1.807) is 0 Å². The highest BCUT2D eigenvalue weighted by Crippen LogP contribution is 2.28. The summed E-state index contributed by atoms with van der Waals surface area (Å²) in [6, 6.07) is 0.174. The van der Waals surface area contributed by atoms with Crippen LogP contribution in [0.3, 0.4) is 0 Å². The predicted octanol–water partition coefficient (Wildman–Crippen LogP) is 1.17. The third-order valence-corrected chi connectivity index (χ3v) is 3.56. The number of ether oxygens (including phenoxy) is 2. The zero-order chi connectivity index (χ0) is 9.97. The van der Waals surface area contributed by atoms with Crippen molar-refractivity contribution in [2.45, 2.75) is 38.3 Å². The molecule has 4 atom stereocenters. The normalized spacial score (nSPS) is 41.1. The topological polar surface area (TPSA) is 44.5 Å². The molecule has 2 saturated heterocycles. The number of rotatable bonds is 2. The van der Waals surface area contributed by atoms with Crippen molar-refractivity contribution >= 4 is 0 Å². The van der Waals surface area contributed by atoms with Gasteiger partial charge in [0.25, 0.3) is 0 Å². The second-order valence-corrected chi connectivity index (χ2v) is 4.66. The minimum absolute atomic E-state index is 0.174. The fourth-order valence-corrected chi connectivity index (χ4v) is 2.55. The molecule has 2 aliphatic heterocycles. The molecular formula is C11H21NO2. The summed E-state index contributed by atoms with van der Waals surface area (Å²) in [5, 5.41) is 0. The van der Waals surface area contributed by atoms with Gasteiger partial charge in [0.2, 0.25) is 0 Å². The second-order valence-electron chi connectivity index (χ2n) is 4.66. The maximum absolute atomic E-state index is 6.24. The van der Waals surface area contributed by atoms with Gasteiger partial charge in [0, 0.05) is 19.3 Å². The first kappa shape index (κ1) is 10.4. The van der Waals surface area contributed by atoms with Crippen LogP contribution in [0.2, 0.25) is 0 Å². The minimum atomic E-state index is 0.174. The van der Waals surface area contributed by atoms with E-state index in [0.717, 1.165) is 32.7 Å². The molecule has 0 amide bonds. The fourth-order valence-electron chi connectivity index (χ4n) is 2.55. The van der Waals surface area contributed by atoms with Crippen LogP contribution in [-0.2, 0) is 9.47 Å². The lowest BCUT2D eigenvalue weighted by Gasteiger charge is -2.32. The van der Waals surface area contributed by atoms with E-state index in [1.807, 2.05) is 0 Å². The second kappa shape index (κ2) is 4.60. The summed E-state index contributed by atoms with van der Waals surface area (Å²) in [6.45, 7) is 4.85. The highest BCUT2D eigenvalue weighted by Gasteiger charge is 2.35. The largest absolute Gasteiger partial charge is 0.381 e. The molecule has 0 radical (unpaired) electrons. The van der Waals surface area contributed by atoms with Crippen LogP contribution >= 0.6 is 0 Å². The lowest BCUT2D eigenvalue weighted by molar-refractivity contribution is -0.00118. The summed E-state index contributed by atoms with van der Waals surface area (Å²) in [5.41, 5.74) is 6.24. The highest BCUT2D eigenvalue weighted by molar-refractivity contribution is 4.88. The summed E-state index contributed by atoms with van der Waals surface area (Å²) in [7, 11) is 0. The van der Waals surface area contributed by atoms with Crippen LogP contribution in [-0.4, -0.2) is 32.0 Å². The van der Waals surface area contributed by atoms with Crippen LogP contribution < -0.4 is 5.73 Å². The minimum Gasteiger partial charge on any atom is -0.381 e. The van der Waals surface area contributed by atoms with E-state index in [9.17, 15) is 0 Å². The van der Waals surface area contributed by atoms with Crippen LogP contribution in [0.15, 0.2) is 0 Å². The Bertz CT molecular complexity index is 180. The monoisotopic (exact) mass is 199 g/mol.